The van der Waals surface area contributed by atoms with Crippen LogP contribution >= 0.6 is 22.7 Å². The van der Waals surface area contributed by atoms with Crippen molar-refractivity contribution < 1.29 is 4.42 Å². The Morgan fingerprint density at radius 1 is 0.364 bits per heavy atom. The van der Waals surface area contributed by atoms with Crippen LogP contribution in [0.15, 0.2) is 192 Å². The van der Waals surface area contributed by atoms with Gasteiger partial charge in [0, 0.05) is 86.1 Å². The average molecular weight is 742 g/mol. The molecule has 0 aliphatic carbocycles. The molecule has 0 amide bonds. The highest BCUT2D eigenvalue weighted by Crippen LogP contribution is 2.43. The van der Waals surface area contributed by atoms with Gasteiger partial charge in [-0.25, -0.2) is 4.98 Å². The summed E-state index contributed by atoms with van der Waals surface area (Å²) in [7, 11) is 0. The molecule has 11 aromatic rings. The molecule has 55 heavy (non-hydrogen) atoms. The van der Waals surface area contributed by atoms with Crippen LogP contribution in [0.2, 0.25) is 0 Å². The van der Waals surface area contributed by atoms with Crippen LogP contribution in [0.5, 0.6) is 0 Å². The Kier molecular flexibility index (Phi) is 7.50. The highest BCUT2D eigenvalue weighted by Gasteiger charge is 2.19. The SMILES string of the molecule is c1ccc(N(c2ccc(-c3nc4ccc(N(c5ccccc5)c5ccc6sc7ccccc7c6c5)cc4o3)cc2)c2ccc3sc4ccccc4c3c2)cc1. The lowest BCUT2D eigenvalue weighted by atomic mass is 10.1. The number of benzene rings is 8. The van der Waals surface area contributed by atoms with E-state index < -0.39 is 0 Å². The van der Waals surface area contributed by atoms with E-state index in [9.17, 15) is 0 Å². The van der Waals surface area contributed by atoms with E-state index in [1.54, 1.807) is 0 Å². The summed E-state index contributed by atoms with van der Waals surface area (Å²) in [6, 6.07) is 66.7. The maximum Gasteiger partial charge on any atom is 0.227 e. The Balaban J connectivity index is 0.960. The molecule has 0 saturated heterocycles. The van der Waals surface area contributed by atoms with Gasteiger partial charge >= 0.3 is 0 Å². The molecule has 0 atom stereocenters. The molecule has 0 bridgehead atoms. The Bertz CT molecular complexity index is 3170. The van der Waals surface area contributed by atoms with Crippen LogP contribution < -0.4 is 9.80 Å². The molecular weight excluding hydrogens is 711 g/mol. The lowest BCUT2D eigenvalue weighted by molar-refractivity contribution is 0.620. The second kappa shape index (κ2) is 13.0. The molecule has 3 aromatic heterocycles. The van der Waals surface area contributed by atoms with Crippen LogP contribution in [0.3, 0.4) is 0 Å². The van der Waals surface area contributed by atoms with Crippen LogP contribution in [-0.4, -0.2) is 4.98 Å². The minimum atomic E-state index is 0.591. The fourth-order valence-electron chi connectivity index (χ4n) is 7.68. The lowest BCUT2D eigenvalue weighted by Crippen LogP contribution is -2.09. The van der Waals surface area contributed by atoms with E-state index in [2.05, 4.69) is 198 Å². The largest absolute Gasteiger partial charge is 0.436 e. The quantitative estimate of drug-likeness (QED) is 0.163. The molecule has 260 valence electrons. The molecule has 0 aliphatic heterocycles. The Morgan fingerprint density at radius 2 is 0.800 bits per heavy atom. The van der Waals surface area contributed by atoms with Gasteiger partial charge in [0.15, 0.2) is 5.58 Å². The van der Waals surface area contributed by atoms with Crippen molar-refractivity contribution in [1.29, 1.82) is 0 Å². The Morgan fingerprint density at radius 3 is 1.38 bits per heavy atom. The molecule has 6 heteroatoms. The molecule has 0 saturated carbocycles. The molecule has 0 unspecified atom stereocenters. The van der Waals surface area contributed by atoms with Crippen LogP contribution in [0, 0.1) is 0 Å². The van der Waals surface area contributed by atoms with E-state index in [0.29, 0.717) is 5.89 Å². The van der Waals surface area contributed by atoms with Gasteiger partial charge in [-0.1, -0.05) is 72.8 Å². The van der Waals surface area contributed by atoms with Gasteiger partial charge in [0.05, 0.1) is 0 Å². The fraction of sp³-hybridized carbons (Fsp3) is 0. The van der Waals surface area contributed by atoms with Crippen molar-refractivity contribution in [3.05, 3.63) is 188 Å². The number of aromatic nitrogens is 1. The van der Waals surface area contributed by atoms with Crippen molar-refractivity contribution in [2.45, 2.75) is 0 Å². The van der Waals surface area contributed by atoms with Crippen molar-refractivity contribution in [1.82, 2.24) is 4.98 Å². The van der Waals surface area contributed by atoms with E-state index in [-0.39, 0.29) is 0 Å². The van der Waals surface area contributed by atoms with E-state index in [1.807, 2.05) is 22.7 Å². The molecule has 8 aromatic carbocycles. The van der Waals surface area contributed by atoms with Crippen LogP contribution in [-0.2, 0) is 0 Å². The van der Waals surface area contributed by atoms with Gasteiger partial charge in [0.1, 0.15) is 5.52 Å². The molecule has 0 spiro atoms. The van der Waals surface area contributed by atoms with Gasteiger partial charge in [-0.05, 0) is 109 Å². The number of oxazole rings is 1. The monoisotopic (exact) mass is 741 g/mol. The van der Waals surface area contributed by atoms with Crippen molar-refractivity contribution >= 4 is 108 Å². The van der Waals surface area contributed by atoms with E-state index >= 15 is 0 Å². The fourth-order valence-corrected chi connectivity index (χ4v) is 9.86. The van der Waals surface area contributed by atoms with E-state index in [0.717, 1.165) is 50.8 Å². The average Bonchev–Trinajstić information content (AvgIpc) is 3.95. The first-order valence-electron chi connectivity index (χ1n) is 18.3. The van der Waals surface area contributed by atoms with Crippen molar-refractivity contribution in [3.63, 3.8) is 0 Å². The summed E-state index contributed by atoms with van der Waals surface area (Å²) in [6.07, 6.45) is 0. The zero-order valence-electron chi connectivity index (χ0n) is 29.5. The minimum absolute atomic E-state index is 0.591. The second-order valence-corrected chi connectivity index (χ2v) is 15.8. The van der Waals surface area contributed by atoms with Gasteiger partial charge in [-0.15, -0.1) is 22.7 Å². The molecule has 4 nitrogen and oxygen atoms in total. The molecule has 0 N–H and O–H groups in total. The first-order chi connectivity index (χ1) is 27.2. The number of hydrogen-bond donors (Lipinski definition) is 0. The molecule has 11 rings (SSSR count). The number of hydrogen-bond acceptors (Lipinski definition) is 6. The number of anilines is 6. The first kappa shape index (κ1) is 31.8. The summed E-state index contributed by atoms with van der Waals surface area (Å²) < 4.78 is 11.7. The van der Waals surface area contributed by atoms with Gasteiger partial charge in [-0.2, -0.15) is 0 Å². The van der Waals surface area contributed by atoms with E-state index in [4.69, 9.17) is 9.40 Å². The topological polar surface area (TPSA) is 32.5 Å². The number of nitrogens with zero attached hydrogens (tertiary/aromatic N) is 3. The maximum atomic E-state index is 6.53. The second-order valence-electron chi connectivity index (χ2n) is 13.6. The number of rotatable bonds is 7. The minimum Gasteiger partial charge on any atom is -0.436 e. The van der Waals surface area contributed by atoms with E-state index in [1.165, 1.54) is 40.3 Å². The number of thiophene rings is 2. The summed E-state index contributed by atoms with van der Waals surface area (Å²) in [6.45, 7) is 0. The smallest absolute Gasteiger partial charge is 0.227 e. The van der Waals surface area contributed by atoms with Gasteiger partial charge < -0.3 is 14.2 Å². The lowest BCUT2D eigenvalue weighted by Gasteiger charge is -2.25. The summed E-state index contributed by atoms with van der Waals surface area (Å²) >= 11 is 3.67. The Labute approximate surface area is 325 Å². The summed E-state index contributed by atoms with van der Waals surface area (Å²) in [5.41, 5.74) is 8.90. The third-order valence-corrected chi connectivity index (χ3v) is 12.6. The summed E-state index contributed by atoms with van der Waals surface area (Å²) in [5.74, 6) is 0.591. The molecule has 0 fully saturated rings. The summed E-state index contributed by atoms with van der Waals surface area (Å²) in [4.78, 5) is 9.55. The number of para-hydroxylation sites is 2. The summed E-state index contributed by atoms with van der Waals surface area (Å²) in [5, 5.41) is 5.10. The van der Waals surface area contributed by atoms with Gasteiger partial charge in [0.25, 0.3) is 0 Å². The van der Waals surface area contributed by atoms with Crippen LogP contribution in [0.25, 0.3) is 62.9 Å². The third kappa shape index (κ3) is 5.54. The first-order valence-corrected chi connectivity index (χ1v) is 19.9. The third-order valence-electron chi connectivity index (χ3n) is 10.3. The van der Waals surface area contributed by atoms with Gasteiger partial charge in [-0.3, -0.25) is 0 Å². The Hall–Kier alpha value is -6.73. The zero-order valence-corrected chi connectivity index (χ0v) is 31.1. The van der Waals surface area contributed by atoms with Crippen LogP contribution in [0.1, 0.15) is 0 Å². The highest BCUT2D eigenvalue weighted by molar-refractivity contribution is 7.26. The molecule has 0 radical (unpaired) electrons. The zero-order chi connectivity index (χ0) is 36.3. The van der Waals surface area contributed by atoms with Crippen LogP contribution in [0.4, 0.5) is 34.1 Å². The molecular formula is C49H31N3OS2. The molecule has 3 heterocycles. The standard InChI is InChI=1S/C49H31N3OS2/c1-3-11-33(12-4-1)51(36-24-27-47-41(29-36)39-15-7-9-17-45(39)54-47)35-21-19-32(20-22-35)49-50-43-26-23-38(31-44(43)53-49)52(34-13-5-2-6-14-34)37-25-28-48-42(30-37)40-16-8-10-18-46(40)55-48/h1-31H. The van der Waals surface area contributed by atoms with Gasteiger partial charge in [0.2, 0.25) is 5.89 Å². The predicted molar refractivity (Wildman–Crippen MR) is 235 cm³/mol. The highest BCUT2D eigenvalue weighted by atomic mass is 32.1. The van der Waals surface area contributed by atoms with Crippen molar-refractivity contribution in [3.8, 4) is 11.5 Å². The molecule has 0 aliphatic rings. The van der Waals surface area contributed by atoms with Crippen molar-refractivity contribution in [2.75, 3.05) is 9.80 Å². The maximum absolute atomic E-state index is 6.53. The van der Waals surface area contributed by atoms with Crippen molar-refractivity contribution in [2.24, 2.45) is 0 Å². The number of fused-ring (bicyclic) bond motifs is 7. The normalized spacial score (nSPS) is 11.6. The predicted octanol–water partition coefficient (Wildman–Crippen LogP) is 15.2.